The lowest BCUT2D eigenvalue weighted by Crippen LogP contribution is -2.42. The van der Waals surface area contributed by atoms with Crippen LogP contribution in [0.3, 0.4) is 0 Å². The molecule has 0 spiro atoms. The first-order valence-electron chi connectivity index (χ1n) is 4.56. The maximum atomic E-state index is 11.3. The minimum absolute atomic E-state index is 0.0323. The first kappa shape index (κ1) is 13.4. The van der Waals surface area contributed by atoms with Crippen LogP contribution >= 0.6 is 0 Å². The molecule has 0 heterocycles. The Labute approximate surface area is 88.5 Å². The number of nitrogens with zero attached hydrogens (tertiary/aromatic N) is 2. The fourth-order valence-corrected chi connectivity index (χ4v) is 0.805. The van der Waals surface area contributed by atoms with E-state index in [0.717, 1.165) is 0 Å². The topological polar surface area (TPSA) is 93.4 Å². The van der Waals surface area contributed by atoms with Crippen LogP contribution in [0.15, 0.2) is 0 Å². The Morgan fingerprint density at radius 3 is 2.67 bits per heavy atom. The summed E-state index contributed by atoms with van der Waals surface area (Å²) >= 11 is 0. The van der Waals surface area contributed by atoms with Crippen LogP contribution in [-0.4, -0.2) is 48.1 Å². The molecule has 0 fully saturated rings. The monoisotopic (exact) mass is 213 g/mol. The van der Waals surface area contributed by atoms with Crippen LogP contribution in [0.2, 0.25) is 0 Å². The van der Waals surface area contributed by atoms with Gasteiger partial charge >= 0.3 is 5.97 Å². The number of carboxylic acids is 1. The van der Waals surface area contributed by atoms with E-state index in [1.807, 2.05) is 6.07 Å². The van der Waals surface area contributed by atoms with E-state index in [0.29, 0.717) is 6.54 Å². The summed E-state index contributed by atoms with van der Waals surface area (Å²) in [6, 6.07) is 1.18. The maximum absolute atomic E-state index is 11.3. The first-order chi connectivity index (χ1) is 6.99. The van der Waals surface area contributed by atoms with Crippen molar-refractivity contribution in [2.75, 3.05) is 20.1 Å². The Bertz CT molecular complexity index is 272. The predicted octanol–water partition coefficient (Wildman–Crippen LogP) is -0.579. The summed E-state index contributed by atoms with van der Waals surface area (Å²) < 4.78 is 0. The quantitative estimate of drug-likeness (QED) is 0.615. The Morgan fingerprint density at radius 2 is 2.20 bits per heavy atom. The number of aliphatic carboxylic acids is 1. The van der Waals surface area contributed by atoms with Crippen molar-refractivity contribution in [1.82, 2.24) is 10.2 Å². The van der Waals surface area contributed by atoms with Gasteiger partial charge in [-0.1, -0.05) is 0 Å². The second-order valence-electron chi connectivity index (χ2n) is 3.16. The smallest absolute Gasteiger partial charge is 0.320 e. The number of carboxylic acid groups (broad SMARTS) is 1. The van der Waals surface area contributed by atoms with E-state index < -0.39 is 12.0 Å². The van der Waals surface area contributed by atoms with Gasteiger partial charge in [0, 0.05) is 13.6 Å². The van der Waals surface area contributed by atoms with Crippen molar-refractivity contribution in [3.63, 3.8) is 0 Å². The van der Waals surface area contributed by atoms with Gasteiger partial charge in [0.2, 0.25) is 5.91 Å². The molecule has 0 aromatic carbocycles. The van der Waals surface area contributed by atoms with Gasteiger partial charge < -0.3 is 10.0 Å². The zero-order chi connectivity index (χ0) is 11.8. The van der Waals surface area contributed by atoms with E-state index in [2.05, 4.69) is 5.32 Å². The zero-order valence-corrected chi connectivity index (χ0v) is 8.86. The molecule has 0 aromatic heterocycles. The molecule has 0 rings (SSSR count). The molecular formula is C9H15N3O3. The fraction of sp³-hybridized carbons (Fsp3) is 0.667. The van der Waals surface area contributed by atoms with E-state index >= 15 is 0 Å². The molecule has 6 heteroatoms. The van der Waals surface area contributed by atoms with Gasteiger partial charge in [-0.25, -0.2) is 0 Å². The molecule has 84 valence electrons. The molecule has 0 aromatic rings. The number of nitriles is 1. The van der Waals surface area contributed by atoms with E-state index in [9.17, 15) is 9.59 Å². The van der Waals surface area contributed by atoms with Crippen LogP contribution in [0.1, 0.15) is 13.3 Å². The zero-order valence-electron chi connectivity index (χ0n) is 8.86. The van der Waals surface area contributed by atoms with Crippen molar-refractivity contribution in [3.05, 3.63) is 0 Å². The Kier molecular flexibility index (Phi) is 6.06. The molecule has 0 saturated heterocycles. The molecule has 0 aliphatic rings. The third-order valence-electron chi connectivity index (χ3n) is 1.91. The summed E-state index contributed by atoms with van der Waals surface area (Å²) in [4.78, 5) is 23.2. The molecule has 2 N–H and O–H groups in total. The minimum Gasteiger partial charge on any atom is -0.480 e. The van der Waals surface area contributed by atoms with Gasteiger partial charge in [0.05, 0.1) is 19.0 Å². The third-order valence-corrected chi connectivity index (χ3v) is 1.91. The van der Waals surface area contributed by atoms with Crippen LogP contribution in [0.25, 0.3) is 0 Å². The fourth-order valence-electron chi connectivity index (χ4n) is 0.805. The summed E-state index contributed by atoms with van der Waals surface area (Å²) in [6.45, 7) is 1.79. The van der Waals surface area contributed by atoms with Crippen LogP contribution in [0.4, 0.5) is 0 Å². The molecule has 0 unspecified atom stereocenters. The maximum Gasteiger partial charge on any atom is 0.320 e. The lowest BCUT2D eigenvalue weighted by molar-refractivity contribution is -0.139. The average Bonchev–Trinajstić information content (AvgIpc) is 2.21. The number of rotatable bonds is 6. The van der Waals surface area contributed by atoms with Gasteiger partial charge in [-0.05, 0) is 6.92 Å². The van der Waals surface area contributed by atoms with E-state index in [1.54, 1.807) is 7.05 Å². The highest BCUT2D eigenvalue weighted by atomic mass is 16.4. The molecule has 6 nitrogen and oxygen atoms in total. The number of carbonyl (C=O) groups is 2. The molecule has 0 radical (unpaired) electrons. The predicted molar refractivity (Wildman–Crippen MR) is 53.0 cm³/mol. The lowest BCUT2D eigenvalue weighted by atomic mass is 10.3. The van der Waals surface area contributed by atoms with E-state index in [4.69, 9.17) is 10.4 Å². The molecule has 0 saturated carbocycles. The molecule has 1 atom stereocenters. The number of nitrogens with one attached hydrogen (secondary N) is 1. The molecule has 15 heavy (non-hydrogen) atoms. The Balaban J connectivity index is 3.83. The summed E-state index contributed by atoms with van der Waals surface area (Å²) in [7, 11) is 1.58. The number of hydrogen-bond donors (Lipinski definition) is 2. The van der Waals surface area contributed by atoms with Gasteiger partial charge in [0.15, 0.2) is 0 Å². The van der Waals surface area contributed by atoms with Crippen LogP contribution in [0.5, 0.6) is 0 Å². The molecule has 0 aliphatic heterocycles. The number of hydrogen-bond acceptors (Lipinski definition) is 4. The number of carbonyl (C=O) groups excluding carboxylic acids is 1. The van der Waals surface area contributed by atoms with E-state index in [-0.39, 0.29) is 18.9 Å². The summed E-state index contributed by atoms with van der Waals surface area (Å²) in [6.07, 6.45) is 0.275. The largest absolute Gasteiger partial charge is 0.480 e. The SMILES string of the molecule is C[C@H](NCC(=O)N(C)CCC#N)C(=O)O. The molecule has 0 aliphatic carbocycles. The van der Waals surface area contributed by atoms with Gasteiger partial charge in [0.1, 0.15) is 6.04 Å². The first-order valence-corrected chi connectivity index (χ1v) is 4.56. The third kappa shape index (κ3) is 5.65. The standard InChI is InChI=1S/C9H15N3O3/c1-7(9(14)15)11-6-8(13)12(2)5-3-4-10/h7,11H,3,5-6H2,1-2H3,(H,14,15)/t7-/m0/s1. The molecule has 0 bridgehead atoms. The van der Waals surface area contributed by atoms with Crippen molar-refractivity contribution < 1.29 is 14.7 Å². The van der Waals surface area contributed by atoms with Crippen LogP contribution in [0, 0.1) is 11.3 Å². The van der Waals surface area contributed by atoms with Crippen LogP contribution in [-0.2, 0) is 9.59 Å². The van der Waals surface area contributed by atoms with Gasteiger partial charge in [-0.3, -0.25) is 14.9 Å². The second-order valence-corrected chi connectivity index (χ2v) is 3.16. The Hall–Kier alpha value is -1.61. The van der Waals surface area contributed by atoms with Gasteiger partial charge in [0.25, 0.3) is 0 Å². The highest BCUT2D eigenvalue weighted by molar-refractivity contribution is 5.79. The average molecular weight is 213 g/mol. The highest BCUT2D eigenvalue weighted by Gasteiger charge is 2.13. The van der Waals surface area contributed by atoms with Gasteiger partial charge in [-0.2, -0.15) is 5.26 Å². The highest BCUT2D eigenvalue weighted by Crippen LogP contribution is 1.88. The van der Waals surface area contributed by atoms with Crippen molar-refractivity contribution in [2.24, 2.45) is 0 Å². The normalized spacial score (nSPS) is 11.5. The number of amides is 1. The lowest BCUT2D eigenvalue weighted by Gasteiger charge is -2.16. The minimum atomic E-state index is -0.998. The second kappa shape index (κ2) is 6.79. The van der Waals surface area contributed by atoms with Gasteiger partial charge in [-0.15, -0.1) is 0 Å². The number of likely N-dealkylation sites (N-methyl/N-ethyl adjacent to an activating group) is 1. The molecule has 1 amide bonds. The molecular weight excluding hydrogens is 198 g/mol. The van der Waals surface area contributed by atoms with E-state index in [1.165, 1.54) is 11.8 Å². The summed E-state index contributed by atoms with van der Waals surface area (Å²) in [5, 5.41) is 19.4. The summed E-state index contributed by atoms with van der Waals surface area (Å²) in [5.41, 5.74) is 0. The van der Waals surface area contributed by atoms with Crippen molar-refractivity contribution in [1.29, 1.82) is 5.26 Å². The van der Waals surface area contributed by atoms with Crippen molar-refractivity contribution >= 4 is 11.9 Å². The van der Waals surface area contributed by atoms with Crippen molar-refractivity contribution in [3.8, 4) is 6.07 Å². The van der Waals surface area contributed by atoms with Crippen molar-refractivity contribution in [2.45, 2.75) is 19.4 Å². The summed E-state index contributed by atoms with van der Waals surface area (Å²) in [5.74, 6) is -1.22. The van der Waals surface area contributed by atoms with Crippen LogP contribution < -0.4 is 5.32 Å². The Morgan fingerprint density at radius 1 is 1.60 bits per heavy atom.